The van der Waals surface area contributed by atoms with Crippen molar-refractivity contribution in [2.24, 2.45) is 11.8 Å². The van der Waals surface area contributed by atoms with E-state index in [9.17, 15) is 0 Å². The van der Waals surface area contributed by atoms with Crippen molar-refractivity contribution in [3.8, 4) is 0 Å². The van der Waals surface area contributed by atoms with Gasteiger partial charge in [-0.15, -0.1) is 0 Å². The Morgan fingerprint density at radius 3 is 2.60 bits per heavy atom. The first-order chi connectivity index (χ1) is 4.74. The highest BCUT2D eigenvalue weighted by molar-refractivity contribution is 5.15. The number of fused-ring (bicyclic) bond motifs is 2. The molecular formula is C9H14O. The Hall–Kier alpha value is -0.300. The molecule has 3 unspecified atom stereocenters. The maximum absolute atomic E-state index is 5.48. The molecule has 2 aliphatic carbocycles. The van der Waals surface area contributed by atoms with Crippen molar-refractivity contribution in [3.63, 3.8) is 0 Å². The van der Waals surface area contributed by atoms with Crippen LogP contribution in [0, 0.1) is 11.8 Å². The zero-order chi connectivity index (χ0) is 7.19. The van der Waals surface area contributed by atoms with Crippen molar-refractivity contribution in [1.29, 1.82) is 0 Å². The third kappa shape index (κ3) is 0.671. The first-order valence-corrected chi connectivity index (χ1v) is 3.98. The maximum Gasteiger partial charge on any atom is 0.0718 e. The minimum absolute atomic E-state index is 0.166. The molecule has 3 atom stereocenters. The molecule has 1 heteroatoms. The summed E-state index contributed by atoms with van der Waals surface area (Å²) in [7, 11) is 1.83. The summed E-state index contributed by atoms with van der Waals surface area (Å²) in [4.78, 5) is 0. The summed E-state index contributed by atoms with van der Waals surface area (Å²) >= 11 is 0. The Kier molecular flexibility index (Phi) is 1.19. The Labute approximate surface area is 62.1 Å². The minimum Gasteiger partial charge on any atom is -0.378 e. The lowest BCUT2D eigenvalue weighted by Gasteiger charge is -2.29. The van der Waals surface area contributed by atoms with Crippen LogP contribution in [-0.4, -0.2) is 12.7 Å². The molecule has 0 aromatic rings. The molecule has 0 aromatic heterocycles. The number of hydrogen-bond acceptors (Lipinski definition) is 1. The molecule has 0 heterocycles. The van der Waals surface area contributed by atoms with E-state index in [2.05, 4.69) is 19.1 Å². The van der Waals surface area contributed by atoms with Crippen molar-refractivity contribution < 1.29 is 4.74 Å². The Bertz CT molecular complexity index is 174. The van der Waals surface area contributed by atoms with Gasteiger partial charge in [0, 0.05) is 13.0 Å². The predicted molar refractivity (Wildman–Crippen MR) is 40.8 cm³/mol. The summed E-state index contributed by atoms with van der Waals surface area (Å²) in [6, 6.07) is 0. The van der Waals surface area contributed by atoms with Crippen LogP contribution in [0.15, 0.2) is 12.2 Å². The predicted octanol–water partition coefficient (Wildman–Crippen LogP) is 1.99. The normalized spacial score (nSPS) is 50.6. The zero-order valence-corrected chi connectivity index (χ0v) is 6.63. The Morgan fingerprint density at radius 1 is 1.50 bits per heavy atom. The standard InChI is InChI=1S/C9H14O/c1-9(10-2)6-7-3-4-8(9)5-7/h3-4,7-8H,5-6H2,1-2H3. The highest BCUT2D eigenvalue weighted by atomic mass is 16.5. The summed E-state index contributed by atoms with van der Waals surface area (Å²) in [5.74, 6) is 1.51. The number of ether oxygens (including phenoxy) is 1. The molecule has 56 valence electrons. The van der Waals surface area contributed by atoms with Crippen LogP contribution in [0.1, 0.15) is 19.8 Å². The fourth-order valence-electron chi connectivity index (χ4n) is 2.29. The van der Waals surface area contributed by atoms with Crippen LogP contribution in [0.4, 0.5) is 0 Å². The maximum atomic E-state index is 5.48. The van der Waals surface area contributed by atoms with Crippen molar-refractivity contribution in [2.75, 3.05) is 7.11 Å². The number of methoxy groups -OCH3 is 1. The van der Waals surface area contributed by atoms with Gasteiger partial charge in [-0.2, -0.15) is 0 Å². The summed E-state index contributed by atoms with van der Waals surface area (Å²) in [6.07, 6.45) is 7.21. The van der Waals surface area contributed by atoms with Crippen LogP contribution >= 0.6 is 0 Å². The third-order valence-electron chi connectivity index (χ3n) is 3.09. The van der Waals surface area contributed by atoms with Crippen LogP contribution in [0.25, 0.3) is 0 Å². The van der Waals surface area contributed by atoms with Gasteiger partial charge in [-0.3, -0.25) is 0 Å². The second-order valence-electron chi connectivity index (χ2n) is 3.71. The lowest BCUT2D eigenvalue weighted by Crippen LogP contribution is -2.31. The SMILES string of the molecule is COC1(C)CC2C=CC1C2. The summed E-state index contributed by atoms with van der Waals surface area (Å²) in [6.45, 7) is 2.22. The summed E-state index contributed by atoms with van der Waals surface area (Å²) in [5, 5.41) is 0. The molecule has 0 aromatic carbocycles. The average Bonchev–Trinajstić information content (AvgIpc) is 2.46. The van der Waals surface area contributed by atoms with Gasteiger partial charge in [0.2, 0.25) is 0 Å². The Morgan fingerprint density at radius 2 is 2.30 bits per heavy atom. The molecule has 1 nitrogen and oxygen atoms in total. The quantitative estimate of drug-likeness (QED) is 0.503. The molecule has 0 radical (unpaired) electrons. The van der Waals surface area contributed by atoms with E-state index >= 15 is 0 Å². The van der Waals surface area contributed by atoms with E-state index in [1.54, 1.807) is 0 Å². The van der Waals surface area contributed by atoms with Gasteiger partial charge >= 0.3 is 0 Å². The van der Waals surface area contributed by atoms with Gasteiger partial charge in [0.1, 0.15) is 0 Å². The van der Waals surface area contributed by atoms with Gasteiger partial charge < -0.3 is 4.74 Å². The van der Waals surface area contributed by atoms with Crippen LogP contribution < -0.4 is 0 Å². The molecule has 0 spiro atoms. The van der Waals surface area contributed by atoms with Crippen LogP contribution in [0.2, 0.25) is 0 Å². The monoisotopic (exact) mass is 138 g/mol. The molecular weight excluding hydrogens is 124 g/mol. The molecule has 1 saturated carbocycles. The highest BCUT2D eigenvalue weighted by Crippen LogP contribution is 2.47. The number of allylic oxidation sites excluding steroid dienone is 1. The molecule has 0 amide bonds. The molecule has 0 saturated heterocycles. The molecule has 2 aliphatic rings. The van der Waals surface area contributed by atoms with Gasteiger partial charge in [0.05, 0.1) is 5.60 Å². The second-order valence-corrected chi connectivity index (χ2v) is 3.71. The first kappa shape index (κ1) is 6.41. The van der Waals surface area contributed by atoms with E-state index in [0.29, 0.717) is 5.92 Å². The van der Waals surface area contributed by atoms with Gasteiger partial charge in [-0.05, 0) is 25.7 Å². The highest BCUT2D eigenvalue weighted by Gasteiger charge is 2.44. The van der Waals surface area contributed by atoms with E-state index < -0.39 is 0 Å². The third-order valence-corrected chi connectivity index (χ3v) is 3.09. The van der Waals surface area contributed by atoms with Crippen LogP contribution in [0.5, 0.6) is 0 Å². The molecule has 1 fully saturated rings. The molecule has 0 aliphatic heterocycles. The van der Waals surface area contributed by atoms with E-state index in [0.717, 1.165) is 5.92 Å². The molecule has 10 heavy (non-hydrogen) atoms. The minimum atomic E-state index is 0.166. The molecule has 2 rings (SSSR count). The number of rotatable bonds is 1. The smallest absolute Gasteiger partial charge is 0.0718 e. The fourth-order valence-corrected chi connectivity index (χ4v) is 2.29. The largest absolute Gasteiger partial charge is 0.378 e. The van der Waals surface area contributed by atoms with Crippen molar-refractivity contribution in [2.45, 2.75) is 25.4 Å². The van der Waals surface area contributed by atoms with E-state index in [-0.39, 0.29) is 5.60 Å². The average molecular weight is 138 g/mol. The topological polar surface area (TPSA) is 9.23 Å². The molecule has 0 N–H and O–H groups in total. The molecule has 2 bridgehead atoms. The Balaban J connectivity index is 2.22. The second kappa shape index (κ2) is 1.85. The van der Waals surface area contributed by atoms with E-state index in [1.165, 1.54) is 12.8 Å². The first-order valence-electron chi connectivity index (χ1n) is 3.98. The van der Waals surface area contributed by atoms with Crippen molar-refractivity contribution in [3.05, 3.63) is 12.2 Å². The van der Waals surface area contributed by atoms with Gasteiger partial charge in [0.25, 0.3) is 0 Å². The van der Waals surface area contributed by atoms with Crippen molar-refractivity contribution in [1.82, 2.24) is 0 Å². The number of hydrogen-bond donors (Lipinski definition) is 0. The van der Waals surface area contributed by atoms with E-state index in [4.69, 9.17) is 4.74 Å². The summed E-state index contributed by atoms with van der Waals surface area (Å²) < 4.78 is 5.48. The van der Waals surface area contributed by atoms with Gasteiger partial charge in [0.15, 0.2) is 0 Å². The summed E-state index contributed by atoms with van der Waals surface area (Å²) in [5.41, 5.74) is 0.166. The van der Waals surface area contributed by atoms with Gasteiger partial charge in [-0.1, -0.05) is 12.2 Å². The fraction of sp³-hybridized carbons (Fsp3) is 0.778. The van der Waals surface area contributed by atoms with Crippen molar-refractivity contribution >= 4 is 0 Å². The van der Waals surface area contributed by atoms with Crippen LogP contribution in [-0.2, 0) is 4.74 Å². The van der Waals surface area contributed by atoms with Crippen LogP contribution in [0.3, 0.4) is 0 Å². The zero-order valence-electron chi connectivity index (χ0n) is 6.63. The van der Waals surface area contributed by atoms with E-state index in [1.807, 2.05) is 7.11 Å². The van der Waals surface area contributed by atoms with Gasteiger partial charge in [-0.25, -0.2) is 0 Å². The lowest BCUT2D eigenvalue weighted by molar-refractivity contribution is -0.0149. The lowest BCUT2D eigenvalue weighted by atomic mass is 9.90.